The van der Waals surface area contributed by atoms with Gasteiger partial charge in [0.05, 0.1) is 25.5 Å². The van der Waals surface area contributed by atoms with E-state index in [2.05, 4.69) is 20.9 Å². The second-order valence-corrected chi connectivity index (χ2v) is 6.33. The molecule has 0 unspecified atom stereocenters. The molecule has 136 valence electrons. The fraction of sp³-hybridized carbons (Fsp3) is 0.250. The number of ketones is 2. The van der Waals surface area contributed by atoms with Crippen LogP contribution in [0.25, 0.3) is 6.08 Å². The molecule has 0 saturated heterocycles. The molecule has 26 heavy (non-hydrogen) atoms. The summed E-state index contributed by atoms with van der Waals surface area (Å²) < 4.78 is 11.1. The number of benzene rings is 1. The first kappa shape index (κ1) is 19.8. The van der Waals surface area contributed by atoms with Gasteiger partial charge in [-0.1, -0.05) is 34.1 Å². The highest BCUT2D eigenvalue weighted by molar-refractivity contribution is 9.11. The summed E-state index contributed by atoms with van der Waals surface area (Å²) in [6, 6.07) is 5.31. The number of carbonyl (C=O) groups is 2. The van der Waals surface area contributed by atoms with Gasteiger partial charge in [-0.15, -0.1) is 0 Å². The quantitative estimate of drug-likeness (QED) is 0.519. The van der Waals surface area contributed by atoms with Crippen molar-refractivity contribution in [3.8, 4) is 11.5 Å². The molecule has 0 radical (unpaired) electrons. The van der Waals surface area contributed by atoms with Crippen LogP contribution in [0.5, 0.6) is 11.5 Å². The number of allylic oxidation sites excluding steroid dienone is 5. The molecule has 0 saturated carbocycles. The molecule has 0 amide bonds. The molecule has 5 nitrogen and oxygen atoms in total. The minimum absolute atomic E-state index is 0.0922. The summed E-state index contributed by atoms with van der Waals surface area (Å²) in [5.41, 5.74) is 1.24. The van der Waals surface area contributed by atoms with Crippen LogP contribution in [0.2, 0.25) is 0 Å². The predicted molar refractivity (Wildman–Crippen MR) is 106 cm³/mol. The first-order valence-electron chi connectivity index (χ1n) is 8.10. The molecule has 1 aliphatic rings. The highest BCUT2D eigenvalue weighted by atomic mass is 79.9. The first-order chi connectivity index (χ1) is 12.5. The summed E-state index contributed by atoms with van der Waals surface area (Å²) >= 11 is 3.35. The number of carbonyl (C=O) groups excluding carboxylic acids is 2. The highest BCUT2D eigenvalue weighted by Crippen LogP contribution is 2.28. The number of methoxy groups -OCH3 is 2. The fourth-order valence-corrected chi connectivity index (χ4v) is 2.82. The van der Waals surface area contributed by atoms with Crippen molar-refractivity contribution in [1.82, 2.24) is 0 Å². The Morgan fingerprint density at radius 2 is 2.00 bits per heavy atom. The number of halogens is 1. The smallest absolute Gasteiger partial charge is 0.211 e. The third kappa shape index (κ3) is 4.79. The van der Waals surface area contributed by atoms with Crippen LogP contribution in [0.1, 0.15) is 18.9 Å². The second-order valence-electron chi connectivity index (χ2n) is 5.41. The molecule has 0 spiro atoms. The zero-order valence-corrected chi connectivity index (χ0v) is 16.5. The molecule has 6 heteroatoms. The van der Waals surface area contributed by atoms with E-state index in [0.717, 1.165) is 5.56 Å². The van der Waals surface area contributed by atoms with Gasteiger partial charge in [0.1, 0.15) is 0 Å². The van der Waals surface area contributed by atoms with Gasteiger partial charge in [0.15, 0.2) is 17.3 Å². The maximum Gasteiger partial charge on any atom is 0.211 e. The zero-order valence-electron chi connectivity index (χ0n) is 14.9. The number of hydrogen-bond donors (Lipinski definition) is 0. The van der Waals surface area contributed by atoms with Crippen LogP contribution in [0, 0.1) is 0 Å². The fourth-order valence-electron chi connectivity index (χ4n) is 2.43. The van der Waals surface area contributed by atoms with Crippen molar-refractivity contribution in [2.24, 2.45) is 4.99 Å². The van der Waals surface area contributed by atoms with Gasteiger partial charge >= 0.3 is 0 Å². The number of Topliss-reactive ketones (excluding diaryl/α,β-unsaturated/α-hetero) is 1. The van der Waals surface area contributed by atoms with Gasteiger partial charge in [-0.25, -0.2) is 0 Å². The van der Waals surface area contributed by atoms with E-state index < -0.39 is 0 Å². The number of aliphatic imine (C=N–C) groups is 1. The van der Waals surface area contributed by atoms with Crippen molar-refractivity contribution < 1.29 is 19.1 Å². The molecule has 0 atom stereocenters. The maximum absolute atomic E-state index is 12.6. The Morgan fingerprint density at radius 3 is 2.65 bits per heavy atom. The zero-order chi connectivity index (χ0) is 19.1. The molecule has 2 rings (SSSR count). The van der Waals surface area contributed by atoms with E-state index in [9.17, 15) is 9.59 Å². The van der Waals surface area contributed by atoms with Gasteiger partial charge in [-0.3, -0.25) is 14.6 Å². The van der Waals surface area contributed by atoms with Gasteiger partial charge < -0.3 is 9.47 Å². The Hall–Kier alpha value is -2.47. The van der Waals surface area contributed by atoms with Crippen molar-refractivity contribution in [3.63, 3.8) is 0 Å². The van der Waals surface area contributed by atoms with Crippen LogP contribution in [0.3, 0.4) is 0 Å². The summed E-state index contributed by atoms with van der Waals surface area (Å²) in [7, 11) is 3.10. The Kier molecular flexibility index (Phi) is 7.09. The van der Waals surface area contributed by atoms with E-state index in [1.807, 2.05) is 13.0 Å². The Balaban J connectivity index is 2.28. The van der Waals surface area contributed by atoms with Crippen molar-refractivity contribution in [1.29, 1.82) is 0 Å². The average Bonchev–Trinajstić information content (AvgIpc) is 2.79. The normalized spacial score (nSPS) is 16.3. The lowest BCUT2D eigenvalue weighted by molar-refractivity contribution is -0.116. The first-order valence-corrected chi connectivity index (χ1v) is 8.89. The minimum Gasteiger partial charge on any atom is -0.493 e. The van der Waals surface area contributed by atoms with Crippen molar-refractivity contribution >= 4 is 39.3 Å². The highest BCUT2D eigenvalue weighted by Gasteiger charge is 2.23. The third-order valence-corrected chi connectivity index (χ3v) is 4.28. The second kappa shape index (κ2) is 9.29. The van der Waals surface area contributed by atoms with Gasteiger partial charge in [-0.05, 0) is 36.8 Å². The van der Waals surface area contributed by atoms with Crippen LogP contribution in [0.4, 0.5) is 0 Å². The summed E-state index contributed by atoms with van der Waals surface area (Å²) in [5, 5.41) is 0. The van der Waals surface area contributed by atoms with Crippen LogP contribution in [0.15, 0.2) is 51.5 Å². The van der Waals surface area contributed by atoms with Crippen molar-refractivity contribution in [2.45, 2.75) is 13.3 Å². The van der Waals surface area contributed by atoms with Gasteiger partial charge in [0.2, 0.25) is 5.78 Å². The summed E-state index contributed by atoms with van der Waals surface area (Å²) in [6.45, 7) is 2.35. The lowest BCUT2D eigenvalue weighted by Crippen LogP contribution is -2.20. The molecule has 0 bridgehead atoms. The van der Waals surface area contributed by atoms with E-state index in [0.29, 0.717) is 34.7 Å². The predicted octanol–water partition coefficient (Wildman–Crippen LogP) is 3.93. The lowest BCUT2D eigenvalue weighted by atomic mass is 10.0. The molecule has 0 fully saturated rings. The summed E-state index contributed by atoms with van der Waals surface area (Å²) in [5.74, 6) is 0.461. The third-order valence-electron chi connectivity index (χ3n) is 3.73. The molecular formula is C20H20BrNO4. The van der Waals surface area contributed by atoms with Gasteiger partial charge in [0, 0.05) is 17.4 Å². The van der Waals surface area contributed by atoms with E-state index in [4.69, 9.17) is 9.47 Å². The number of nitrogens with zero attached hydrogens (tertiary/aromatic N) is 1. The van der Waals surface area contributed by atoms with E-state index >= 15 is 0 Å². The van der Waals surface area contributed by atoms with Crippen molar-refractivity contribution in [2.75, 3.05) is 20.8 Å². The molecule has 0 aliphatic heterocycles. The molecule has 0 N–H and O–H groups in total. The lowest BCUT2D eigenvalue weighted by Gasteiger charge is -2.07. The topological polar surface area (TPSA) is 65.0 Å². The maximum atomic E-state index is 12.6. The number of rotatable bonds is 6. The molecule has 1 aromatic rings. The van der Waals surface area contributed by atoms with Gasteiger partial charge in [0.25, 0.3) is 0 Å². The molecule has 1 aliphatic carbocycles. The molecular weight excluding hydrogens is 398 g/mol. The molecule has 0 heterocycles. The minimum atomic E-state index is -0.374. The largest absolute Gasteiger partial charge is 0.493 e. The summed E-state index contributed by atoms with van der Waals surface area (Å²) in [4.78, 5) is 29.4. The van der Waals surface area contributed by atoms with Crippen molar-refractivity contribution in [3.05, 3.63) is 52.0 Å². The SMILES string of the molecule is CCN=C1CC=C(Br)C=C(C(=O)/C=C/c2ccc(OC)c(OC)c2)C1=O. The molecule has 1 aromatic carbocycles. The number of hydrogen-bond acceptors (Lipinski definition) is 5. The van der Waals surface area contributed by atoms with Crippen LogP contribution < -0.4 is 9.47 Å². The Bertz CT molecular complexity index is 834. The van der Waals surface area contributed by atoms with E-state index in [-0.39, 0.29) is 17.1 Å². The van der Waals surface area contributed by atoms with Crippen LogP contribution in [-0.4, -0.2) is 38.0 Å². The van der Waals surface area contributed by atoms with E-state index in [1.54, 1.807) is 44.6 Å². The monoisotopic (exact) mass is 417 g/mol. The van der Waals surface area contributed by atoms with Crippen LogP contribution in [-0.2, 0) is 9.59 Å². The average molecular weight is 418 g/mol. The Morgan fingerprint density at radius 1 is 1.27 bits per heavy atom. The van der Waals surface area contributed by atoms with Gasteiger partial charge in [-0.2, -0.15) is 0 Å². The standard InChI is InChI=1S/C20H20BrNO4/c1-4-22-16-8-7-14(21)12-15(20(16)24)17(23)9-5-13-6-10-18(25-2)19(11-13)26-3/h5-7,9-12H,4,8H2,1-3H3/b9-5+,22-16?. The molecule has 0 aromatic heterocycles. The number of ether oxygens (including phenoxy) is 2. The van der Waals surface area contributed by atoms with E-state index in [1.165, 1.54) is 6.08 Å². The van der Waals surface area contributed by atoms with Crippen LogP contribution >= 0.6 is 15.9 Å². The Labute approximate surface area is 161 Å². The summed E-state index contributed by atoms with van der Waals surface area (Å²) in [6.07, 6.45) is 6.78.